The van der Waals surface area contributed by atoms with E-state index in [9.17, 15) is 9.59 Å². The second kappa shape index (κ2) is 12.0. The van der Waals surface area contributed by atoms with Gasteiger partial charge in [-0.2, -0.15) is 16.9 Å². The molecule has 5 nitrogen and oxygen atoms in total. The lowest BCUT2D eigenvalue weighted by Gasteiger charge is -2.25. The van der Waals surface area contributed by atoms with Crippen molar-refractivity contribution in [2.75, 3.05) is 6.61 Å². The van der Waals surface area contributed by atoms with E-state index in [-0.39, 0.29) is 22.4 Å². The molecular formula is C23H36N2O3S. The molecule has 0 atom stereocenters. The maximum Gasteiger partial charge on any atom is 0.241 e. The minimum atomic E-state index is -0.125. The van der Waals surface area contributed by atoms with Crippen molar-refractivity contribution in [2.24, 2.45) is 11.0 Å². The summed E-state index contributed by atoms with van der Waals surface area (Å²) in [5.41, 5.74) is 4.32. The number of hydrogen-bond donors (Lipinski definition) is 1. The summed E-state index contributed by atoms with van der Waals surface area (Å²) in [6.45, 7) is 14.6. The van der Waals surface area contributed by atoms with Gasteiger partial charge in [-0.25, -0.2) is 5.43 Å². The second-order valence-electron chi connectivity index (χ2n) is 8.43. The number of ether oxygens (including phenoxy) is 1. The van der Waals surface area contributed by atoms with E-state index in [0.29, 0.717) is 24.7 Å². The highest BCUT2D eigenvalue weighted by Crippen LogP contribution is 2.31. The fraction of sp³-hybridized carbons (Fsp3) is 0.609. The van der Waals surface area contributed by atoms with Gasteiger partial charge in [0.15, 0.2) is 0 Å². The van der Waals surface area contributed by atoms with Gasteiger partial charge in [-0.15, -0.1) is 0 Å². The average molecular weight is 421 g/mol. The van der Waals surface area contributed by atoms with Gasteiger partial charge in [0.2, 0.25) is 5.91 Å². The fourth-order valence-corrected chi connectivity index (χ4v) is 4.32. The number of benzene rings is 1. The molecule has 6 heteroatoms. The number of carbonyl (C=O) groups is 2. The molecule has 0 heterocycles. The molecule has 0 bridgehead atoms. The SMILES string of the molecule is C/C(=N/NC(=O)CC(C)(C)SC(C)C)c1ccc(OCCCC(=O)C(C)C)cc1. The van der Waals surface area contributed by atoms with Gasteiger partial charge in [0.1, 0.15) is 11.5 Å². The predicted molar refractivity (Wildman–Crippen MR) is 123 cm³/mol. The molecule has 1 aromatic rings. The van der Waals surface area contributed by atoms with Crippen LogP contribution in [0.4, 0.5) is 0 Å². The highest BCUT2D eigenvalue weighted by Gasteiger charge is 2.23. The van der Waals surface area contributed by atoms with Crippen LogP contribution in [0.1, 0.15) is 73.3 Å². The van der Waals surface area contributed by atoms with Crippen LogP contribution < -0.4 is 10.2 Å². The van der Waals surface area contributed by atoms with E-state index in [4.69, 9.17) is 4.74 Å². The molecule has 0 radical (unpaired) electrons. The monoisotopic (exact) mass is 420 g/mol. The van der Waals surface area contributed by atoms with Gasteiger partial charge in [0, 0.05) is 23.5 Å². The third-order valence-corrected chi connectivity index (χ3v) is 5.50. The van der Waals surface area contributed by atoms with Gasteiger partial charge in [-0.1, -0.05) is 41.5 Å². The minimum absolute atomic E-state index is 0.0806. The Morgan fingerprint density at radius 1 is 1.14 bits per heavy atom. The Morgan fingerprint density at radius 2 is 1.76 bits per heavy atom. The van der Waals surface area contributed by atoms with Gasteiger partial charge < -0.3 is 4.74 Å². The smallest absolute Gasteiger partial charge is 0.241 e. The quantitative estimate of drug-likeness (QED) is 0.286. The number of nitrogens with zero attached hydrogens (tertiary/aromatic N) is 1. The third-order valence-electron chi connectivity index (χ3n) is 4.24. The van der Waals surface area contributed by atoms with E-state index in [1.165, 1.54) is 0 Å². The number of Topliss-reactive ketones (excluding diaryl/α,β-unsaturated/α-hetero) is 1. The molecule has 1 N–H and O–H groups in total. The Kier molecular flexibility index (Phi) is 10.4. The average Bonchev–Trinajstić information content (AvgIpc) is 2.61. The third kappa shape index (κ3) is 10.5. The molecular weight excluding hydrogens is 384 g/mol. The van der Waals surface area contributed by atoms with Crippen molar-refractivity contribution in [1.29, 1.82) is 0 Å². The maximum absolute atomic E-state index is 12.2. The molecule has 29 heavy (non-hydrogen) atoms. The lowest BCUT2D eigenvalue weighted by molar-refractivity contribution is -0.122. The molecule has 0 saturated heterocycles. The summed E-state index contributed by atoms with van der Waals surface area (Å²) >= 11 is 1.79. The van der Waals surface area contributed by atoms with Gasteiger partial charge >= 0.3 is 0 Å². The molecule has 0 aromatic heterocycles. The van der Waals surface area contributed by atoms with Crippen molar-refractivity contribution in [3.63, 3.8) is 0 Å². The molecule has 0 fully saturated rings. The summed E-state index contributed by atoms with van der Waals surface area (Å²) in [5, 5.41) is 4.70. The molecule has 0 spiro atoms. The Balaban J connectivity index is 2.49. The normalized spacial score (nSPS) is 12.4. The first-order valence-electron chi connectivity index (χ1n) is 10.3. The van der Waals surface area contributed by atoms with Crippen molar-refractivity contribution < 1.29 is 14.3 Å². The highest BCUT2D eigenvalue weighted by atomic mass is 32.2. The molecule has 0 aliphatic heterocycles. The van der Waals surface area contributed by atoms with Crippen LogP contribution in [0.15, 0.2) is 29.4 Å². The number of hydrogen-bond acceptors (Lipinski definition) is 5. The van der Waals surface area contributed by atoms with E-state index in [1.54, 1.807) is 11.8 Å². The summed E-state index contributed by atoms with van der Waals surface area (Å²) in [7, 11) is 0. The summed E-state index contributed by atoms with van der Waals surface area (Å²) < 4.78 is 5.57. The molecule has 0 saturated carbocycles. The van der Waals surface area contributed by atoms with Gasteiger partial charge in [-0.05, 0) is 48.4 Å². The summed E-state index contributed by atoms with van der Waals surface area (Å²) in [6, 6.07) is 7.59. The number of rotatable bonds is 12. The molecule has 1 amide bonds. The van der Waals surface area contributed by atoms with Crippen molar-refractivity contribution in [3.8, 4) is 5.75 Å². The largest absolute Gasteiger partial charge is 0.494 e. The van der Waals surface area contributed by atoms with E-state index in [1.807, 2.05) is 45.0 Å². The van der Waals surface area contributed by atoms with Crippen LogP contribution in [0.2, 0.25) is 0 Å². The molecule has 0 aliphatic carbocycles. The zero-order chi connectivity index (χ0) is 22.0. The van der Waals surface area contributed by atoms with Gasteiger partial charge in [0.25, 0.3) is 0 Å². The Labute approximate surface area is 180 Å². The van der Waals surface area contributed by atoms with Gasteiger partial charge in [0.05, 0.1) is 12.3 Å². The first-order valence-corrected chi connectivity index (χ1v) is 11.1. The highest BCUT2D eigenvalue weighted by molar-refractivity contribution is 8.01. The van der Waals surface area contributed by atoms with Crippen LogP contribution in [-0.4, -0.2) is 34.0 Å². The topological polar surface area (TPSA) is 67.8 Å². The predicted octanol–water partition coefficient (Wildman–Crippen LogP) is 5.22. The van der Waals surface area contributed by atoms with Crippen LogP contribution in [0.3, 0.4) is 0 Å². The van der Waals surface area contributed by atoms with Crippen molar-refractivity contribution in [3.05, 3.63) is 29.8 Å². The Morgan fingerprint density at radius 3 is 2.31 bits per heavy atom. The molecule has 0 aliphatic rings. The first kappa shape index (κ1) is 25.2. The molecule has 162 valence electrons. The number of ketones is 1. The van der Waals surface area contributed by atoms with E-state index in [2.05, 4.69) is 38.2 Å². The lowest BCUT2D eigenvalue weighted by Crippen LogP contribution is -2.29. The number of hydrazone groups is 1. The Hall–Kier alpha value is -1.82. The van der Waals surface area contributed by atoms with Crippen molar-refractivity contribution in [2.45, 2.75) is 77.7 Å². The zero-order valence-electron chi connectivity index (χ0n) is 18.9. The van der Waals surface area contributed by atoms with E-state index < -0.39 is 0 Å². The van der Waals surface area contributed by atoms with Crippen LogP contribution in [-0.2, 0) is 9.59 Å². The fourth-order valence-electron chi connectivity index (χ4n) is 2.83. The minimum Gasteiger partial charge on any atom is -0.494 e. The number of thioether (sulfide) groups is 1. The van der Waals surface area contributed by atoms with Crippen LogP contribution >= 0.6 is 11.8 Å². The maximum atomic E-state index is 12.2. The number of carbonyl (C=O) groups excluding carboxylic acids is 2. The number of nitrogens with one attached hydrogen (secondary N) is 1. The molecule has 1 aromatic carbocycles. The zero-order valence-corrected chi connectivity index (χ0v) is 19.7. The molecule has 1 rings (SSSR count). The Bertz CT molecular complexity index is 695. The summed E-state index contributed by atoms with van der Waals surface area (Å²) in [4.78, 5) is 23.8. The van der Waals surface area contributed by atoms with E-state index >= 15 is 0 Å². The van der Waals surface area contributed by atoms with Crippen molar-refractivity contribution in [1.82, 2.24) is 5.43 Å². The summed E-state index contributed by atoms with van der Waals surface area (Å²) in [6.07, 6.45) is 1.68. The van der Waals surface area contributed by atoms with E-state index in [0.717, 1.165) is 23.4 Å². The lowest BCUT2D eigenvalue weighted by atomic mass is 10.1. The van der Waals surface area contributed by atoms with Crippen LogP contribution in [0.25, 0.3) is 0 Å². The van der Waals surface area contributed by atoms with Crippen LogP contribution in [0.5, 0.6) is 5.75 Å². The summed E-state index contributed by atoms with van der Waals surface area (Å²) in [5.74, 6) is 1.02. The first-order chi connectivity index (χ1) is 13.5. The molecule has 0 unspecified atom stereocenters. The standard InChI is InChI=1S/C23H36N2O3S/c1-16(2)21(26)9-8-14-28-20-12-10-19(11-13-20)18(5)24-25-22(27)15-23(6,7)29-17(3)4/h10-13,16-17H,8-9,14-15H2,1-7H3,(H,25,27)/b24-18-. The second-order valence-corrected chi connectivity index (χ2v) is 10.7. The van der Waals surface area contributed by atoms with Gasteiger partial charge in [-0.3, -0.25) is 9.59 Å². The van der Waals surface area contributed by atoms with Crippen molar-refractivity contribution >= 4 is 29.2 Å². The van der Waals surface area contributed by atoms with Crippen LogP contribution in [0, 0.1) is 5.92 Å². The number of amides is 1.